The monoisotopic (exact) mass is 450 g/mol. The van der Waals surface area contributed by atoms with Crippen molar-refractivity contribution in [1.29, 1.82) is 0 Å². The number of ketones is 1. The number of aromatic amines is 1. The van der Waals surface area contributed by atoms with Crippen LogP contribution in [-0.4, -0.2) is 21.0 Å². The number of nitrogens with zero attached hydrogens (tertiary/aromatic N) is 2. The van der Waals surface area contributed by atoms with E-state index in [2.05, 4.69) is 20.5 Å². The fraction of sp³-hybridized carbons (Fsp3) is 0.0741. The Labute approximate surface area is 195 Å². The van der Waals surface area contributed by atoms with Crippen molar-refractivity contribution in [3.8, 4) is 0 Å². The predicted molar refractivity (Wildman–Crippen MR) is 136 cm³/mol. The molecule has 0 fully saturated rings. The Morgan fingerprint density at radius 1 is 1.00 bits per heavy atom. The average Bonchev–Trinajstić information content (AvgIpc) is 3.47. The maximum Gasteiger partial charge on any atom is 0.193 e. The Kier molecular flexibility index (Phi) is 5.83. The Morgan fingerprint density at radius 3 is 2.67 bits per heavy atom. The number of hydrogen-bond donors (Lipinski definition) is 2. The fourth-order valence-electron chi connectivity index (χ4n) is 3.65. The molecule has 0 saturated heterocycles. The van der Waals surface area contributed by atoms with Crippen LogP contribution >= 0.6 is 11.3 Å². The van der Waals surface area contributed by atoms with E-state index in [4.69, 9.17) is 0 Å². The number of carbonyl (C=O) groups is 1. The van der Waals surface area contributed by atoms with E-state index in [0.29, 0.717) is 17.7 Å². The molecule has 0 bridgehead atoms. The van der Waals surface area contributed by atoms with E-state index in [1.165, 1.54) is 4.88 Å². The van der Waals surface area contributed by atoms with E-state index < -0.39 is 0 Å². The van der Waals surface area contributed by atoms with Gasteiger partial charge in [-0.05, 0) is 42.8 Å². The third-order valence-corrected chi connectivity index (χ3v) is 6.24. The number of aromatic nitrogens is 3. The highest BCUT2D eigenvalue weighted by molar-refractivity contribution is 7.11. The molecule has 0 spiro atoms. The minimum absolute atomic E-state index is 0.0263. The molecular weight excluding hydrogens is 428 g/mol. The summed E-state index contributed by atoms with van der Waals surface area (Å²) in [4.78, 5) is 18.7. The van der Waals surface area contributed by atoms with Gasteiger partial charge >= 0.3 is 0 Å². The normalized spacial score (nSPS) is 11.3. The van der Waals surface area contributed by atoms with E-state index in [1.54, 1.807) is 11.3 Å². The second-order valence-corrected chi connectivity index (χ2v) is 9.06. The molecule has 0 unspecified atom stereocenters. The Bertz CT molecular complexity index is 1450. The molecule has 6 heteroatoms. The first-order valence-corrected chi connectivity index (χ1v) is 11.5. The summed E-state index contributed by atoms with van der Waals surface area (Å²) >= 11 is 1.66. The maximum atomic E-state index is 13.2. The number of nitrogens with one attached hydrogen (secondary N) is 2. The van der Waals surface area contributed by atoms with E-state index >= 15 is 0 Å². The van der Waals surface area contributed by atoms with Gasteiger partial charge in [-0.2, -0.15) is 5.10 Å². The number of carbonyl (C=O) groups excluding carboxylic acids is 1. The average molecular weight is 451 g/mol. The molecule has 0 aliphatic carbocycles. The Hall–Kier alpha value is -4.03. The van der Waals surface area contributed by atoms with Crippen molar-refractivity contribution in [2.24, 2.45) is 0 Å². The summed E-state index contributed by atoms with van der Waals surface area (Å²) in [5, 5.41) is 12.8. The molecule has 0 aliphatic rings. The van der Waals surface area contributed by atoms with Crippen molar-refractivity contribution in [2.45, 2.75) is 13.5 Å². The van der Waals surface area contributed by atoms with Crippen LogP contribution in [-0.2, 0) is 6.54 Å². The van der Waals surface area contributed by atoms with Crippen LogP contribution in [0.2, 0.25) is 0 Å². The number of fused-ring (bicyclic) bond motifs is 1. The summed E-state index contributed by atoms with van der Waals surface area (Å²) in [5.41, 5.74) is 4.94. The highest BCUT2D eigenvalue weighted by Crippen LogP contribution is 2.22. The summed E-state index contributed by atoms with van der Waals surface area (Å²) in [6, 6.07) is 23.3. The second-order valence-electron chi connectivity index (χ2n) is 7.74. The first-order chi connectivity index (χ1) is 16.2. The molecule has 0 aliphatic heterocycles. The van der Waals surface area contributed by atoms with Crippen LogP contribution in [0.5, 0.6) is 0 Å². The fourth-order valence-corrected chi connectivity index (χ4v) is 4.37. The first kappa shape index (κ1) is 20.8. The van der Waals surface area contributed by atoms with E-state index in [-0.39, 0.29) is 5.78 Å². The zero-order valence-corrected chi connectivity index (χ0v) is 18.9. The number of anilines is 1. The number of benzene rings is 3. The minimum Gasteiger partial charge on any atom is -0.379 e. The van der Waals surface area contributed by atoms with Crippen molar-refractivity contribution < 1.29 is 4.79 Å². The van der Waals surface area contributed by atoms with Crippen molar-refractivity contribution >= 4 is 45.9 Å². The number of hydrogen-bond acceptors (Lipinski definition) is 5. The standard InChI is InChI=1S/C27H22N4OS/c1-18-16-29-26(33-18)17-28-22-9-5-8-20(14-22)27(32)21-11-12-23-24(30-31-25(23)15-21)13-10-19-6-3-2-4-7-19/h2-16,28H,17H2,1H3,(H,30,31)/b13-10+. The Morgan fingerprint density at radius 2 is 1.85 bits per heavy atom. The van der Waals surface area contributed by atoms with E-state index in [0.717, 1.165) is 32.9 Å². The summed E-state index contributed by atoms with van der Waals surface area (Å²) < 4.78 is 0. The van der Waals surface area contributed by atoms with Crippen molar-refractivity contribution in [3.63, 3.8) is 0 Å². The van der Waals surface area contributed by atoms with Crippen molar-refractivity contribution in [3.05, 3.63) is 111 Å². The third-order valence-electron chi connectivity index (χ3n) is 5.33. The zero-order valence-electron chi connectivity index (χ0n) is 18.1. The van der Waals surface area contributed by atoms with Crippen LogP contribution in [0.1, 0.15) is 37.1 Å². The summed E-state index contributed by atoms with van der Waals surface area (Å²) in [6.07, 6.45) is 5.88. The summed E-state index contributed by atoms with van der Waals surface area (Å²) in [5.74, 6) is -0.0263. The molecule has 3 aromatic carbocycles. The molecule has 5 rings (SSSR count). The molecule has 2 N–H and O–H groups in total. The molecule has 0 saturated carbocycles. The van der Waals surface area contributed by atoms with Crippen LogP contribution < -0.4 is 5.32 Å². The number of aryl methyl sites for hydroxylation is 1. The van der Waals surface area contributed by atoms with Crippen LogP contribution in [0.15, 0.2) is 79.0 Å². The third kappa shape index (κ3) is 4.76. The molecule has 2 heterocycles. The minimum atomic E-state index is -0.0263. The van der Waals surface area contributed by atoms with Gasteiger partial charge in [0.1, 0.15) is 5.01 Å². The molecule has 0 radical (unpaired) electrons. The highest BCUT2D eigenvalue weighted by Gasteiger charge is 2.12. The predicted octanol–water partition coefficient (Wildman–Crippen LogP) is 6.34. The highest BCUT2D eigenvalue weighted by atomic mass is 32.1. The molecule has 5 nitrogen and oxygen atoms in total. The number of thiazole rings is 1. The van der Waals surface area contributed by atoms with Gasteiger partial charge in [0.05, 0.1) is 17.8 Å². The van der Waals surface area contributed by atoms with Gasteiger partial charge < -0.3 is 5.32 Å². The van der Waals surface area contributed by atoms with Crippen LogP contribution in [0, 0.1) is 6.92 Å². The lowest BCUT2D eigenvalue weighted by molar-refractivity contribution is 0.103. The second kappa shape index (κ2) is 9.22. The zero-order chi connectivity index (χ0) is 22.6. The van der Waals surface area contributed by atoms with Gasteiger partial charge in [0, 0.05) is 33.3 Å². The molecule has 0 atom stereocenters. The lowest BCUT2D eigenvalue weighted by atomic mass is 10.0. The largest absolute Gasteiger partial charge is 0.379 e. The topological polar surface area (TPSA) is 70.7 Å². The van der Waals surface area contributed by atoms with Crippen molar-refractivity contribution in [1.82, 2.24) is 15.2 Å². The molecular formula is C27H22N4OS. The quantitative estimate of drug-likeness (QED) is 0.284. The van der Waals surface area contributed by atoms with Gasteiger partial charge in [-0.3, -0.25) is 9.89 Å². The van der Waals surface area contributed by atoms with Crippen LogP contribution in [0.25, 0.3) is 23.1 Å². The van der Waals surface area contributed by atoms with Gasteiger partial charge in [0.15, 0.2) is 5.78 Å². The maximum absolute atomic E-state index is 13.2. The molecule has 33 heavy (non-hydrogen) atoms. The first-order valence-electron chi connectivity index (χ1n) is 10.7. The lowest BCUT2D eigenvalue weighted by Gasteiger charge is -2.07. The van der Waals surface area contributed by atoms with Crippen LogP contribution in [0.4, 0.5) is 5.69 Å². The van der Waals surface area contributed by atoms with Crippen LogP contribution in [0.3, 0.4) is 0 Å². The molecule has 2 aromatic heterocycles. The number of rotatable bonds is 7. The summed E-state index contributed by atoms with van der Waals surface area (Å²) in [7, 11) is 0. The number of H-pyrrole nitrogens is 1. The van der Waals surface area contributed by atoms with Gasteiger partial charge in [-0.1, -0.05) is 54.6 Å². The van der Waals surface area contributed by atoms with Crippen molar-refractivity contribution in [2.75, 3.05) is 5.32 Å². The van der Waals surface area contributed by atoms with E-state index in [9.17, 15) is 4.79 Å². The SMILES string of the molecule is Cc1cnc(CNc2cccc(C(=O)c3ccc4c(/C=C/c5ccccc5)n[nH]c4c3)c2)s1. The molecule has 0 amide bonds. The molecule has 162 valence electrons. The smallest absolute Gasteiger partial charge is 0.193 e. The van der Waals surface area contributed by atoms with E-state index in [1.807, 2.05) is 98.1 Å². The van der Waals surface area contributed by atoms with Gasteiger partial charge in [-0.25, -0.2) is 4.98 Å². The Balaban J connectivity index is 1.34. The summed E-state index contributed by atoms with van der Waals surface area (Å²) in [6.45, 7) is 2.68. The lowest BCUT2D eigenvalue weighted by Crippen LogP contribution is -2.04. The van der Waals surface area contributed by atoms with Gasteiger partial charge in [0.2, 0.25) is 0 Å². The van der Waals surface area contributed by atoms with Gasteiger partial charge in [-0.15, -0.1) is 11.3 Å². The molecule has 5 aromatic rings. The van der Waals surface area contributed by atoms with Gasteiger partial charge in [0.25, 0.3) is 0 Å².